The van der Waals surface area contributed by atoms with E-state index in [4.69, 9.17) is 5.73 Å². The number of nitrogens with two attached hydrogens (primary N) is 1. The van der Waals surface area contributed by atoms with Gasteiger partial charge in [-0.1, -0.05) is 42.5 Å². The molecule has 0 fully saturated rings. The standard InChI is InChI=1S/C16H14N2S/c17-14-8-4-7-13-15(9-10-18-16(13)14)19-11-12-5-2-1-3-6-12/h1-10H,11,17H2. The molecule has 0 aliphatic rings. The lowest BCUT2D eigenvalue weighted by molar-refractivity contribution is 1.34. The molecule has 0 amide bonds. The molecule has 0 saturated carbocycles. The van der Waals surface area contributed by atoms with Crippen molar-refractivity contribution in [2.75, 3.05) is 5.73 Å². The number of hydrogen-bond acceptors (Lipinski definition) is 3. The fraction of sp³-hybridized carbons (Fsp3) is 0.0625. The van der Waals surface area contributed by atoms with E-state index in [1.165, 1.54) is 10.5 Å². The van der Waals surface area contributed by atoms with Gasteiger partial charge in [-0.05, 0) is 17.7 Å². The molecular formula is C16H14N2S. The maximum atomic E-state index is 5.96. The summed E-state index contributed by atoms with van der Waals surface area (Å²) in [6.07, 6.45) is 1.83. The minimum Gasteiger partial charge on any atom is -0.397 e. The number of pyridine rings is 1. The zero-order chi connectivity index (χ0) is 13.1. The minimum atomic E-state index is 0.736. The van der Waals surface area contributed by atoms with Crippen molar-refractivity contribution in [1.82, 2.24) is 4.98 Å². The minimum absolute atomic E-state index is 0.736. The molecule has 0 saturated heterocycles. The second-order valence-corrected chi connectivity index (χ2v) is 5.34. The number of nitrogens with zero attached hydrogens (tertiary/aromatic N) is 1. The Morgan fingerprint density at radius 1 is 0.947 bits per heavy atom. The lowest BCUT2D eigenvalue weighted by Gasteiger charge is -2.07. The number of anilines is 1. The number of rotatable bonds is 3. The van der Waals surface area contributed by atoms with E-state index in [2.05, 4.69) is 41.4 Å². The van der Waals surface area contributed by atoms with E-state index >= 15 is 0 Å². The highest BCUT2D eigenvalue weighted by Crippen LogP contribution is 2.31. The largest absolute Gasteiger partial charge is 0.397 e. The third-order valence-corrected chi connectivity index (χ3v) is 4.14. The Kier molecular flexibility index (Phi) is 3.38. The molecule has 0 aliphatic carbocycles. The number of para-hydroxylation sites is 1. The van der Waals surface area contributed by atoms with E-state index in [-0.39, 0.29) is 0 Å². The van der Waals surface area contributed by atoms with Crippen molar-refractivity contribution in [3.63, 3.8) is 0 Å². The van der Waals surface area contributed by atoms with Crippen molar-refractivity contribution >= 4 is 28.4 Å². The van der Waals surface area contributed by atoms with Gasteiger partial charge in [0.2, 0.25) is 0 Å². The summed E-state index contributed by atoms with van der Waals surface area (Å²) in [7, 11) is 0. The molecular weight excluding hydrogens is 252 g/mol. The predicted octanol–water partition coefficient (Wildman–Crippen LogP) is 4.11. The van der Waals surface area contributed by atoms with E-state index in [9.17, 15) is 0 Å². The molecule has 0 atom stereocenters. The van der Waals surface area contributed by atoms with Gasteiger partial charge < -0.3 is 5.73 Å². The number of thioether (sulfide) groups is 1. The van der Waals surface area contributed by atoms with E-state index in [0.717, 1.165) is 22.3 Å². The van der Waals surface area contributed by atoms with Crippen LogP contribution in [0.2, 0.25) is 0 Å². The highest BCUT2D eigenvalue weighted by Gasteiger charge is 2.05. The fourth-order valence-corrected chi connectivity index (χ4v) is 3.03. The number of fused-ring (bicyclic) bond motifs is 1. The average Bonchev–Trinajstić information content (AvgIpc) is 2.47. The van der Waals surface area contributed by atoms with Crippen LogP contribution in [0.15, 0.2) is 65.7 Å². The predicted molar refractivity (Wildman–Crippen MR) is 82.2 cm³/mol. The van der Waals surface area contributed by atoms with Gasteiger partial charge in [0.15, 0.2) is 0 Å². The van der Waals surface area contributed by atoms with Crippen molar-refractivity contribution < 1.29 is 0 Å². The summed E-state index contributed by atoms with van der Waals surface area (Å²) in [6.45, 7) is 0. The van der Waals surface area contributed by atoms with E-state index in [1.54, 1.807) is 0 Å². The molecule has 3 heteroatoms. The number of aromatic nitrogens is 1. The first-order valence-corrected chi connectivity index (χ1v) is 7.13. The highest BCUT2D eigenvalue weighted by molar-refractivity contribution is 7.98. The molecule has 2 aromatic carbocycles. The molecule has 0 spiro atoms. The van der Waals surface area contributed by atoms with Gasteiger partial charge >= 0.3 is 0 Å². The molecule has 0 radical (unpaired) electrons. The fourth-order valence-electron chi connectivity index (χ4n) is 2.03. The maximum Gasteiger partial charge on any atom is 0.0942 e. The smallest absolute Gasteiger partial charge is 0.0942 e. The first-order chi connectivity index (χ1) is 9.34. The number of nitrogen functional groups attached to an aromatic ring is 1. The third-order valence-electron chi connectivity index (χ3n) is 3.00. The van der Waals surface area contributed by atoms with Crippen LogP contribution in [0.1, 0.15) is 5.56 Å². The normalized spacial score (nSPS) is 10.7. The van der Waals surface area contributed by atoms with Crippen molar-refractivity contribution in [2.45, 2.75) is 10.6 Å². The van der Waals surface area contributed by atoms with Crippen LogP contribution in [-0.4, -0.2) is 4.98 Å². The van der Waals surface area contributed by atoms with Gasteiger partial charge in [0.1, 0.15) is 0 Å². The van der Waals surface area contributed by atoms with E-state index < -0.39 is 0 Å². The molecule has 1 aromatic heterocycles. The van der Waals surface area contributed by atoms with Gasteiger partial charge in [-0.2, -0.15) is 0 Å². The van der Waals surface area contributed by atoms with Gasteiger partial charge in [0, 0.05) is 22.2 Å². The van der Waals surface area contributed by atoms with E-state index in [1.807, 2.05) is 36.2 Å². The van der Waals surface area contributed by atoms with Crippen molar-refractivity contribution in [3.8, 4) is 0 Å². The second kappa shape index (κ2) is 5.33. The average molecular weight is 266 g/mol. The molecule has 3 rings (SSSR count). The Hall–Kier alpha value is -2.00. The summed E-state index contributed by atoms with van der Waals surface area (Å²) in [5.41, 5.74) is 8.91. The lowest BCUT2D eigenvalue weighted by atomic mass is 10.2. The van der Waals surface area contributed by atoms with Gasteiger partial charge in [-0.15, -0.1) is 11.8 Å². The van der Waals surface area contributed by atoms with Crippen LogP contribution >= 0.6 is 11.8 Å². The molecule has 1 heterocycles. The monoisotopic (exact) mass is 266 g/mol. The summed E-state index contributed by atoms with van der Waals surface area (Å²) in [4.78, 5) is 5.58. The molecule has 0 bridgehead atoms. The zero-order valence-electron chi connectivity index (χ0n) is 10.4. The van der Waals surface area contributed by atoms with Gasteiger partial charge in [-0.25, -0.2) is 0 Å². The van der Waals surface area contributed by atoms with Crippen LogP contribution in [0.4, 0.5) is 5.69 Å². The number of hydrogen-bond donors (Lipinski definition) is 1. The zero-order valence-corrected chi connectivity index (χ0v) is 11.2. The molecule has 0 aliphatic heterocycles. The molecule has 2 nitrogen and oxygen atoms in total. The van der Waals surface area contributed by atoms with E-state index in [0.29, 0.717) is 0 Å². The van der Waals surface area contributed by atoms with Gasteiger partial charge in [0.25, 0.3) is 0 Å². The Balaban J connectivity index is 1.91. The van der Waals surface area contributed by atoms with Crippen LogP contribution in [0, 0.1) is 0 Å². The topological polar surface area (TPSA) is 38.9 Å². The second-order valence-electron chi connectivity index (χ2n) is 4.33. The highest BCUT2D eigenvalue weighted by atomic mass is 32.2. The Morgan fingerprint density at radius 2 is 1.79 bits per heavy atom. The van der Waals surface area contributed by atoms with Crippen LogP contribution < -0.4 is 5.73 Å². The van der Waals surface area contributed by atoms with Gasteiger partial charge in [-0.3, -0.25) is 4.98 Å². The quantitative estimate of drug-likeness (QED) is 0.573. The molecule has 0 unspecified atom stereocenters. The van der Waals surface area contributed by atoms with Crippen LogP contribution in [0.3, 0.4) is 0 Å². The molecule has 3 aromatic rings. The maximum absolute atomic E-state index is 5.96. The van der Waals surface area contributed by atoms with Crippen LogP contribution in [-0.2, 0) is 5.75 Å². The van der Waals surface area contributed by atoms with Crippen LogP contribution in [0.5, 0.6) is 0 Å². The summed E-state index contributed by atoms with van der Waals surface area (Å²) in [6, 6.07) is 18.5. The molecule has 2 N–H and O–H groups in total. The molecule has 19 heavy (non-hydrogen) atoms. The van der Waals surface area contributed by atoms with Crippen molar-refractivity contribution in [1.29, 1.82) is 0 Å². The summed E-state index contributed by atoms with van der Waals surface area (Å²) < 4.78 is 0. The van der Waals surface area contributed by atoms with Crippen molar-refractivity contribution in [2.24, 2.45) is 0 Å². The Bertz CT molecular complexity index is 695. The summed E-state index contributed by atoms with van der Waals surface area (Å²) in [5, 5.41) is 1.13. The van der Waals surface area contributed by atoms with Crippen LogP contribution in [0.25, 0.3) is 10.9 Å². The third kappa shape index (κ3) is 2.56. The Morgan fingerprint density at radius 3 is 2.63 bits per heavy atom. The summed E-state index contributed by atoms with van der Waals surface area (Å²) >= 11 is 1.82. The first-order valence-electron chi connectivity index (χ1n) is 6.14. The first kappa shape index (κ1) is 12.1. The van der Waals surface area contributed by atoms with Gasteiger partial charge in [0.05, 0.1) is 11.2 Å². The van der Waals surface area contributed by atoms with Crippen molar-refractivity contribution in [3.05, 3.63) is 66.4 Å². The SMILES string of the molecule is Nc1cccc2c(SCc3ccccc3)ccnc12. The number of benzene rings is 2. The Labute approximate surface area is 116 Å². The lowest BCUT2D eigenvalue weighted by Crippen LogP contribution is -1.90. The molecule has 94 valence electrons. The summed E-state index contributed by atoms with van der Waals surface area (Å²) in [5.74, 6) is 0.953.